The number of carbonyl (C=O) groups is 1. The van der Waals surface area contributed by atoms with Gasteiger partial charge in [-0.2, -0.15) is 0 Å². The fourth-order valence-corrected chi connectivity index (χ4v) is 0.773. The minimum atomic E-state index is -0.602. The molecular weight excluding hydrogens is 172 g/mol. The van der Waals surface area contributed by atoms with E-state index in [9.17, 15) is 4.79 Å². The van der Waals surface area contributed by atoms with Crippen LogP contribution < -0.4 is 11.1 Å². The monoisotopic (exact) mass is 182 g/mol. The molecule has 0 aliphatic rings. The van der Waals surface area contributed by atoms with E-state index in [1.165, 1.54) is 12.4 Å². The third kappa shape index (κ3) is 2.68. The Labute approximate surface area is 74.8 Å². The van der Waals surface area contributed by atoms with Gasteiger partial charge in [-0.15, -0.1) is 0 Å². The fraction of sp³-hybridized carbons (Fsp3) is 0.286. The van der Waals surface area contributed by atoms with Crippen molar-refractivity contribution in [3.05, 3.63) is 18.1 Å². The zero-order valence-corrected chi connectivity index (χ0v) is 6.90. The van der Waals surface area contributed by atoms with Crippen LogP contribution in [0.3, 0.4) is 0 Å². The van der Waals surface area contributed by atoms with Crippen LogP contribution in [0.2, 0.25) is 0 Å². The molecule has 1 heterocycles. The van der Waals surface area contributed by atoms with Crippen molar-refractivity contribution in [2.24, 2.45) is 5.73 Å². The number of nitrogens with two attached hydrogens (primary N) is 1. The minimum Gasteiger partial charge on any atom is -0.395 e. The Hall–Kier alpha value is -1.69. The molecule has 4 N–H and O–H groups in total. The highest BCUT2D eigenvalue weighted by Crippen LogP contribution is 2.01. The summed E-state index contributed by atoms with van der Waals surface area (Å²) in [4.78, 5) is 18.2. The van der Waals surface area contributed by atoms with E-state index < -0.39 is 5.91 Å². The van der Waals surface area contributed by atoms with Crippen molar-refractivity contribution in [2.45, 2.75) is 0 Å². The molecule has 0 aliphatic heterocycles. The summed E-state index contributed by atoms with van der Waals surface area (Å²) in [5.74, 6) is -0.132. The number of aliphatic hydroxyl groups excluding tert-OH is 1. The van der Waals surface area contributed by atoms with E-state index in [0.717, 1.165) is 0 Å². The third-order valence-corrected chi connectivity index (χ3v) is 1.34. The number of amides is 1. The number of rotatable bonds is 4. The third-order valence-electron chi connectivity index (χ3n) is 1.34. The number of hydrogen-bond acceptors (Lipinski definition) is 5. The van der Waals surface area contributed by atoms with Crippen LogP contribution in [0, 0.1) is 0 Å². The summed E-state index contributed by atoms with van der Waals surface area (Å²) in [7, 11) is 0. The van der Waals surface area contributed by atoms with Crippen molar-refractivity contribution in [1.82, 2.24) is 9.97 Å². The van der Waals surface area contributed by atoms with Gasteiger partial charge in [0.05, 0.1) is 6.61 Å². The van der Waals surface area contributed by atoms with Crippen LogP contribution in [-0.2, 0) is 0 Å². The number of aliphatic hydroxyl groups is 1. The van der Waals surface area contributed by atoms with Crippen LogP contribution in [0.1, 0.15) is 10.5 Å². The van der Waals surface area contributed by atoms with Crippen molar-refractivity contribution in [3.8, 4) is 0 Å². The largest absolute Gasteiger partial charge is 0.395 e. The Morgan fingerprint density at radius 2 is 2.38 bits per heavy atom. The molecule has 1 rings (SSSR count). The Morgan fingerprint density at radius 3 is 3.00 bits per heavy atom. The number of anilines is 1. The van der Waals surface area contributed by atoms with Crippen LogP contribution in [0.25, 0.3) is 0 Å². The maximum atomic E-state index is 10.7. The summed E-state index contributed by atoms with van der Waals surface area (Å²) in [5.41, 5.74) is 5.15. The Morgan fingerprint density at radius 1 is 1.62 bits per heavy atom. The van der Waals surface area contributed by atoms with Crippen LogP contribution in [0.5, 0.6) is 0 Å². The molecule has 0 saturated heterocycles. The van der Waals surface area contributed by atoms with E-state index in [1.54, 1.807) is 0 Å². The van der Waals surface area contributed by atoms with E-state index in [-0.39, 0.29) is 12.3 Å². The fourth-order valence-electron chi connectivity index (χ4n) is 0.773. The van der Waals surface area contributed by atoms with Gasteiger partial charge < -0.3 is 16.2 Å². The van der Waals surface area contributed by atoms with Crippen LogP contribution >= 0.6 is 0 Å². The van der Waals surface area contributed by atoms with Crippen molar-refractivity contribution in [3.63, 3.8) is 0 Å². The van der Waals surface area contributed by atoms with Gasteiger partial charge >= 0.3 is 0 Å². The first-order valence-corrected chi connectivity index (χ1v) is 3.70. The van der Waals surface area contributed by atoms with Gasteiger partial charge in [0.15, 0.2) is 0 Å². The molecule has 70 valence electrons. The minimum absolute atomic E-state index is 0.00406. The Bertz CT molecular complexity index is 302. The van der Waals surface area contributed by atoms with E-state index in [1.807, 2.05) is 0 Å². The van der Waals surface area contributed by atoms with E-state index in [2.05, 4.69) is 15.3 Å². The first-order chi connectivity index (χ1) is 6.24. The lowest BCUT2D eigenvalue weighted by Gasteiger charge is -2.02. The molecule has 0 radical (unpaired) electrons. The molecular formula is C7H10N4O2. The first kappa shape index (κ1) is 9.40. The predicted molar refractivity (Wildman–Crippen MR) is 46.1 cm³/mol. The summed E-state index contributed by atoms with van der Waals surface area (Å²) >= 11 is 0. The Balaban J connectivity index is 2.73. The maximum Gasteiger partial charge on any atom is 0.267 e. The van der Waals surface area contributed by atoms with E-state index >= 15 is 0 Å². The second-order valence-corrected chi connectivity index (χ2v) is 2.30. The number of carbonyl (C=O) groups excluding carboxylic acids is 1. The molecule has 0 fully saturated rings. The zero-order chi connectivity index (χ0) is 9.68. The summed E-state index contributed by atoms with van der Waals surface area (Å²) in [6.45, 7) is 0.366. The van der Waals surface area contributed by atoms with Crippen LogP contribution in [0.4, 0.5) is 5.82 Å². The molecule has 0 bridgehead atoms. The Kier molecular flexibility index (Phi) is 3.15. The summed E-state index contributed by atoms with van der Waals surface area (Å²) in [5, 5.41) is 11.3. The molecule has 0 saturated carbocycles. The highest BCUT2D eigenvalue weighted by molar-refractivity contribution is 5.91. The number of hydrogen-bond donors (Lipinski definition) is 3. The van der Waals surface area contributed by atoms with E-state index in [4.69, 9.17) is 10.8 Å². The van der Waals surface area contributed by atoms with Crippen molar-refractivity contribution < 1.29 is 9.90 Å². The number of nitrogens with one attached hydrogen (secondary N) is 1. The molecule has 0 unspecified atom stereocenters. The van der Waals surface area contributed by atoms with Gasteiger partial charge in [-0.1, -0.05) is 0 Å². The molecule has 1 aromatic rings. The predicted octanol–water partition coefficient (Wildman–Crippen LogP) is -1.02. The van der Waals surface area contributed by atoms with Crippen LogP contribution in [-0.4, -0.2) is 34.1 Å². The van der Waals surface area contributed by atoms with Gasteiger partial charge in [-0.3, -0.25) is 4.79 Å². The number of nitrogens with zero attached hydrogens (tertiary/aromatic N) is 2. The average Bonchev–Trinajstić information content (AvgIpc) is 2.15. The molecule has 0 spiro atoms. The van der Waals surface area contributed by atoms with E-state index in [0.29, 0.717) is 12.4 Å². The summed E-state index contributed by atoms with van der Waals surface area (Å²) in [6, 6.07) is 1.43. The lowest BCUT2D eigenvalue weighted by molar-refractivity contribution is 0.0995. The average molecular weight is 182 g/mol. The molecule has 1 amide bonds. The topological polar surface area (TPSA) is 101 Å². The van der Waals surface area contributed by atoms with Crippen molar-refractivity contribution >= 4 is 11.7 Å². The molecule has 6 heteroatoms. The normalized spacial score (nSPS) is 9.62. The summed E-state index contributed by atoms with van der Waals surface area (Å²) in [6.07, 6.45) is 1.24. The first-order valence-electron chi connectivity index (χ1n) is 3.70. The van der Waals surface area contributed by atoms with Gasteiger partial charge in [0.25, 0.3) is 5.91 Å². The molecule has 0 atom stereocenters. The molecule has 1 aromatic heterocycles. The lowest BCUT2D eigenvalue weighted by atomic mass is 10.4. The van der Waals surface area contributed by atoms with Gasteiger partial charge in [-0.05, 0) is 0 Å². The maximum absolute atomic E-state index is 10.7. The smallest absolute Gasteiger partial charge is 0.267 e. The molecule has 13 heavy (non-hydrogen) atoms. The molecule has 0 aromatic carbocycles. The molecule has 0 aliphatic carbocycles. The SMILES string of the molecule is NC(=O)c1cc(NCCO)ncn1. The number of primary amides is 1. The van der Waals surface area contributed by atoms with Crippen molar-refractivity contribution in [2.75, 3.05) is 18.5 Å². The zero-order valence-electron chi connectivity index (χ0n) is 6.90. The lowest BCUT2D eigenvalue weighted by Crippen LogP contribution is -2.14. The quantitative estimate of drug-likeness (QED) is 0.553. The second kappa shape index (κ2) is 4.36. The van der Waals surface area contributed by atoms with Gasteiger partial charge in [0.1, 0.15) is 17.8 Å². The van der Waals surface area contributed by atoms with Gasteiger partial charge in [0, 0.05) is 12.6 Å². The standard InChI is InChI=1S/C7H10N4O2/c8-7(13)5-3-6(9-1-2-12)11-4-10-5/h3-4,12H,1-2H2,(H2,8,13)(H,9,10,11). The van der Waals surface area contributed by atoms with Gasteiger partial charge in [-0.25, -0.2) is 9.97 Å². The molecule has 6 nitrogen and oxygen atoms in total. The number of aromatic nitrogens is 2. The highest BCUT2D eigenvalue weighted by atomic mass is 16.3. The highest BCUT2D eigenvalue weighted by Gasteiger charge is 2.02. The summed E-state index contributed by atoms with van der Waals surface area (Å²) < 4.78 is 0. The van der Waals surface area contributed by atoms with Crippen LogP contribution in [0.15, 0.2) is 12.4 Å². The van der Waals surface area contributed by atoms with Gasteiger partial charge in [0.2, 0.25) is 0 Å². The van der Waals surface area contributed by atoms with Crippen molar-refractivity contribution in [1.29, 1.82) is 0 Å². The second-order valence-electron chi connectivity index (χ2n) is 2.30.